The van der Waals surface area contributed by atoms with E-state index in [-0.39, 0.29) is 41.1 Å². The van der Waals surface area contributed by atoms with Crippen molar-refractivity contribution in [3.8, 4) is 5.75 Å². The molecule has 42 heavy (non-hydrogen) atoms. The minimum absolute atomic E-state index is 0.0391. The quantitative estimate of drug-likeness (QED) is 0.408. The number of nitrogens with zero attached hydrogens (tertiary/aromatic N) is 2. The molecule has 3 aliphatic heterocycles. The first-order valence-corrected chi connectivity index (χ1v) is 15.9. The van der Waals surface area contributed by atoms with Crippen molar-refractivity contribution < 1.29 is 28.6 Å². The molecular weight excluding hydrogens is 536 g/mol. The van der Waals surface area contributed by atoms with Crippen molar-refractivity contribution in [3.05, 3.63) is 18.2 Å². The van der Waals surface area contributed by atoms with E-state index in [1.54, 1.807) is 18.7 Å². The molecule has 6 rings (SSSR count). The summed E-state index contributed by atoms with van der Waals surface area (Å²) in [5, 5.41) is 6.80. The molecule has 5 aliphatic rings. The van der Waals surface area contributed by atoms with E-state index in [9.17, 15) is 14.4 Å². The van der Waals surface area contributed by atoms with Gasteiger partial charge in [-0.3, -0.25) is 14.4 Å². The minimum Gasteiger partial charge on any atom is -0.476 e. The first kappa shape index (κ1) is 29.4. The Balaban J connectivity index is 1.17. The third kappa shape index (κ3) is 5.90. The molecule has 0 spiro atoms. The molecule has 230 valence electrons. The van der Waals surface area contributed by atoms with Crippen LogP contribution in [0.15, 0.2) is 18.2 Å². The van der Waals surface area contributed by atoms with Crippen molar-refractivity contribution in [2.75, 3.05) is 55.9 Å². The minimum atomic E-state index is -0.986. The second-order valence-electron chi connectivity index (χ2n) is 13.2. The van der Waals surface area contributed by atoms with Crippen molar-refractivity contribution in [2.24, 2.45) is 17.8 Å². The van der Waals surface area contributed by atoms with Crippen LogP contribution in [0.1, 0.15) is 65.7 Å². The molecule has 0 aromatic heterocycles. The number of hydrogen-bond acceptors (Lipinski definition) is 7. The van der Waals surface area contributed by atoms with E-state index >= 15 is 0 Å². The van der Waals surface area contributed by atoms with Crippen molar-refractivity contribution in [2.45, 2.75) is 82.9 Å². The lowest BCUT2D eigenvalue weighted by Crippen LogP contribution is -2.53. The molecule has 10 heteroatoms. The summed E-state index contributed by atoms with van der Waals surface area (Å²) in [6, 6.07) is 5.83. The molecule has 2 atom stereocenters. The molecule has 2 aliphatic carbocycles. The molecule has 1 aromatic rings. The molecule has 0 bridgehead atoms. The van der Waals surface area contributed by atoms with Crippen LogP contribution in [-0.4, -0.2) is 81.0 Å². The summed E-state index contributed by atoms with van der Waals surface area (Å²) in [4.78, 5) is 44.6. The Morgan fingerprint density at radius 1 is 1.12 bits per heavy atom. The summed E-state index contributed by atoms with van der Waals surface area (Å²) < 4.78 is 17.2. The van der Waals surface area contributed by atoms with E-state index in [0.29, 0.717) is 56.6 Å². The van der Waals surface area contributed by atoms with Gasteiger partial charge in [0.15, 0.2) is 5.60 Å². The molecule has 0 radical (unpaired) electrons. The number of ether oxygens (including phenoxy) is 3. The molecule has 3 amide bonds. The second-order valence-corrected chi connectivity index (χ2v) is 13.2. The predicted molar refractivity (Wildman–Crippen MR) is 159 cm³/mol. The van der Waals surface area contributed by atoms with Gasteiger partial charge in [0.2, 0.25) is 11.8 Å². The van der Waals surface area contributed by atoms with E-state index in [1.807, 2.05) is 30.0 Å². The number of rotatable bonds is 10. The normalized spacial score (nSPS) is 26.6. The lowest BCUT2D eigenvalue weighted by molar-refractivity contribution is -0.133. The van der Waals surface area contributed by atoms with Crippen molar-refractivity contribution >= 4 is 29.1 Å². The fourth-order valence-corrected chi connectivity index (χ4v) is 6.97. The van der Waals surface area contributed by atoms with Gasteiger partial charge in [-0.1, -0.05) is 0 Å². The van der Waals surface area contributed by atoms with Crippen LogP contribution in [-0.2, 0) is 23.9 Å². The highest BCUT2D eigenvalue weighted by Gasteiger charge is 2.51. The number of benzene rings is 1. The number of amides is 3. The highest BCUT2D eigenvalue weighted by Crippen LogP contribution is 2.47. The Bertz CT molecular complexity index is 1190. The van der Waals surface area contributed by atoms with Crippen LogP contribution >= 0.6 is 0 Å². The second kappa shape index (κ2) is 11.8. The van der Waals surface area contributed by atoms with Gasteiger partial charge >= 0.3 is 0 Å². The Morgan fingerprint density at radius 2 is 1.86 bits per heavy atom. The van der Waals surface area contributed by atoms with E-state index in [2.05, 4.69) is 10.6 Å². The summed E-state index contributed by atoms with van der Waals surface area (Å²) in [5.74, 6) is 0.546. The third-order valence-corrected chi connectivity index (χ3v) is 9.68. The lowest BCUT2D eigenvalue weighted by atomic mass is 9.86. The average molecular weight is 583 g/mol. The molecule has 1 aromatic carbocycles. The van der Waals surface area contributed by atoms with Crippen LogP contribution < -0.4 is 25.2 Å². The van der Waals surface area contributed by atoms with Crippen LogP contribution in [0.25, 0.3) is 0 Å². The molecule has 0 unspecified atom stereocenters. The fraction of sp³-hybridized carbons (Fsp3) is 0.719. The molecular formula is C32H46N4O6. The largest absolute Gasteiger partial charge is 0.476 e. The molecule has 2 N–H and O–H groups in total. The van der Waals surface area contributed by atoms with E-state index in [1.165, 1.54) is 0 Å². The van der Waals surface area contributed by atoms with Gasteiger partial charge < -0.3 is 34.6 Å². The smallest absolute Gasteiger partial charge is 0.270 e. The number of hydrogen-bond donors (Lipinski definition) is 2. The van der Waals surface area contributed by atoms with Gasteiger partial charge in [-0.2, -0.15) is 0 Å². The van der Waals surface area contributed by atoms with Crippen LogP contribution in [0, 0.1) is 17.8 Å². The Kier molecular flexibility index (Phi) is 8.24. The summed E-state index contributed by atoms with van der Waals surface area (Å²) in [6.45, 7) is 9.56. The first-order chi connectivity index (χ1) is 20.2. The van der Waals surface area contributed by atoms with Crippen molar-refractivity contribution in [3.63, 3.8) is 0 Å². The number of carbonyl (C=O) groups is 3. The maximum Gasteiger partial charge on any atom is 0.270 e. The van der Waals surface area contributed by atoms with Crippen LogP contribution in [0.4, 0.5) is 11.4 Å². The Hall–Kier alpha value is -2.69. The molecule has 3 heterocycles. The van der Waals surface area contributed by atoms with Gasteiger partial charge in [-0.25, -0.2) is 0 Å². The van der Waals surface area contributed by atoms with Crippen LogP contribution in [0.2, 0.25) is 0 Å². The number of fused-ring (bicyclic) bond motifs is 1. The summed E-state index contributed by atoms with van der Waals surface area (Å²) in [5.41, 5.74) is 0.363. The van der Waals surface area contributed by atoms with Crippen LogP contribution in [0.3, 0.4) is 0 Å². The number of piperidine rings is 1. The number of nitrogens with one attached hydrogen (secondary N) is 2. The molecule has 2 saturated carbocycles. The zero-order valence-corrected chi connectivity index (χ0v) is 25.3. The van der Waals surface area contributed by atoms with E-state index < -0.39 is 5.60 Å². The van der Waals surface area contributed by atoms with Gasteiger partial charge in [-0.05, 0) is 89.8 Å². The van der Waals surface area contributed by atoms with Gasteiger partial charge in [0.1, 0.15) is 5.75 Å². The number of anilines is 2. The van der Waals surface area contributed by atoms with Gasteiger partial charge in [0.05, 0.1) is 24.1 Å². The average Bonchev–Trinajstić information content (AvgIpc) is 3.93. The zero-order chi connectivity index (χ0) is 29.5. The lowest BCUT2D eigenvalue weighted by Gasteiger charge is -2.39. The Labute approximate surface area is 248 Å². The van der Waals surface area contributed by atoms with Crippen molar-refractivity contribution in [1.29, 1.82) is 0 Å². The topological polar surface area (TPSA) is 109 Å². The predicted octanol–water partition coefficient (Wildman–Crippen LogP) is 3.02. The summed E-state index contributed by atoms with van der Waals surface area (Å²) >= 11 is 0. The SMILES string of the molecule is CCOCCN1C(=O)C(C)(C)Oc2ccc(N(C(=O)[C@H]3CNC[C@@H](C(=O)NC4(C5CCOCC5)CC4)C3)C3CC3)cc21. The standard InChI is InChI=1S/C32H46N4O6/c1-4-40-16-13-35-26-18-25(7-8-27(26)42-31(2,3)30(35)39)36(24-5-6-24)29(38)22-17-21(19-33-20-22)28(37)34-32(11-12-32)23-9-14-41-15-10-23/h7-8,18,21-24,33H,4-6,9-17,19-20H2,1-3H3,(H,34,37)/t21-,22+/m0/s1. The fourth-order valence-electron chi connectivity index (χ4n) is 6.97. The first-order valence-electron chi connectivity index (χ1n) is 15.9. The van der Waals surface area contributed by atoms with Crippen LogP contribution in [0.5, 0.6) is 5.75 Å². The van der Waals surface area contributed by atoms with Gasteiger partial charge in [0.25, 0.3) is 5.91 Å². The van der Waals surface area contributed by atoms with Gasteiger partial charge in [0, 0.05) is 56.7 Å². The molecule has 2 saturated heterocycles. The Morgan fingerprint density at radius 3 is 2.55 bits per heavy atom. The maximum atomic E-state index is 14.1. The summed E-state index contributed by atoms with van der Waals surface area (Å²) in [6.07, 6.45) is 6.48. The summed E-state index contributed by atoms with van der Waals surface area (Å²) in [7, 11) is 0. The molecule has 4 fully saturated rings. The monoisotopic (exact) mass is 582 g/mol. The maximum absolute atomic E-state index is 14.1. The van der Waals surface area contributed by atoms with E-state index in [0.717, 1.165) is 57.4 Å². The third-order valence-electron chi connectivity index (χ3n) is 9.68. The van der Waals surface area contributed by atoms with E-state index in [4.69, 9.17) is 14.2 Å². The highest BCUT2D eigenvalue weighted by atomic mass is 16.5. The highest BCUT2D eigenvalue weighted by molar-refractivity contribution is 6.04. The molecule has 10 nitrogen and oxygen atoms in total. The zero-order valence-electron chi connectivity index (χ0n) is 25.3. The van der Waals surface area contributed by atoms with Gasteiger partial charge in [-0.15, -0.1) is 0 Å². The van der Waals surface area contributed by atoms with Crippen molar-refractivity contribution in [1.82, 2.24) is 10.6 Å². The number of carbonyl (C=O) groups excluding carboxylic acids is 3.